The van der Waals surface area contributed by atoms with Crippen LogP contribution in [0.25, 0.3) is 0 Å². The number of nitrogens with one attached hydrogen (secondary N) is 1. The molecule has 0 aliphatic carbocycles. The Bertz CT molecular complexity index is 649. The van der Waals surface area contributed by atoms with Crippen LogP contribution in [0.5, 0.6) is 0 Å². The highest BCUT2D eigenvalue weighted by Crippen LogP contribution is 2.40. The number of alkyl halides is 3. The normalized spacial score (nSPS) is 18.1. The van der Waals surface area contributed by atoms with E-state index in [2.05, 4.69) is 5.32 Å². The summed E-state index contributed by atoms with van der Waals surface area (Å²) in [4.78, 5) is 1.97. The highest BCUT2D eigenvalue weighted by Gasteiger charge is 2.40. The van der Waals surface area contributed by atoms with Gasteiger partial charge in [0.15, 0.2) is 0 Å². The van der Waals surface area contributed by atoms with Crippen molar-refractivity contribution in [2.45, 2.75) is 12.2 Å². The number of rotatable bonds is 3. The Balaban J connectivity index is 2.12. The Morgan fingerprint density at radius 2 is 1.87 bits per heavy atom. The first-order valence-electron chi connectivity index (χ1n) is 7.31. The van der Waals surface area contributed by atoms with Crippen LogP contribution in [0.2, 0.25) is 0 Å². The monoisotopic (exact) mass is 344 g/mol. The maximum absolute atomic E-state index is 14.0. The van der Waals surface area contributed by atoms with Gasteiger partial charge in [-0.3, -0.25) is 4.90 Å². The molecule has 0 amide bonds. The van der Waals surface area contributed by atoms with Crippen LogP contribution in [0.3, 0.4) is 0 Å². The van der Waals surface area contributed by atoms with E-state index >= 15 is 0 Å². The largest absolute Gasteiger partial charge is 0.419 e. The van der Waals surface area contributed by atoms with Crippen LogP contribution in [-0.2, 0) is 6.18 Å². The smallest absolute Gasteiger partial charge is 0.314 e. The molecule has 0 radical (unpaired) electrons. The van der Waals surface area contributed by atoms with Gasteiger partial charge in [0.2, 0.25) is 0 Å². The van der Waals surface area contributed by atoms with Crippen molar-refractivity contribution in [3.8, 4) is 0 Å². The first-order valence-corrected chi connectivity index (χ1v) is 8.25. The van der Waals surface area contributed by atoms with E-state index in [9.17, 15) is 17.6 Å². The molecule has 0 saturated carbocycles. The molecular formula is C16H16F4N2S. The Morgan fingerprint density at radius 1 is 1.13 bits per heavy atom. The molecule has 3 rings (SSSR count). The van der Waals surface area contributed by atoms with Gasteiger partial charge in [-0.1, -0.05) is 12.1 Å². The number of hydrogen-bond donors (Lipinski definition) is 1. The van der Waals surface area contributed by atoms with Gasteiger partial charge in [0, 0.05) is 26.2 Å². The second-order valence-corrected chi connectivity index (χ2v) is 6.23. The lowest BCUT2D eigenvalue weighted by Gasteiger charge is -2.36. The number of hydrogen-bond acceptors (Lipinski definition) is 3. The molecule has 2 nitrogen and oxygen atoms in total. The molecule has 0 spiro atoms. The van der Waals surface area contributed by atoms with Crippen LogP contribution in [-0.4, -0.2) is 31.1 Å². The highest BCUT2D eigenvalue weighted by atomic mass is 32.1. The number of thiophene rings is 1. The molecule has 2 aromatic rings. The van der Waals surface area contributed by atoms with Crippen LogP contribution in [0.15, 0.2) is 35.0 Å². The fourth-order valence-corrected chi connectivity index (χ4v) is 3.70. The van der Waals surface area contributed by atoms with Gasteiger partial charge in [0.05, 0.1) is 11.6 Å². The first-order chi connectivity index (χ1) is 11.0. The van der Waals surface area contributed by atoms with Crippen molar-refractivity contribution in [2.24, 2.45) is 0 Å². The molecule has 2 heterocycles. The molecule has 1 aromatic heterocycles. The lowest BCUT2D eigenvalue weighted by Crippen LogP contribution is -2.45. The minimum atomic E-state index is -4.72. The van der Waals surface area contributed by atoms with Crippen molar-refractivity contribution in [1.82, 2.24) is 10.2 Å². The Kier molecular flexibility index (Phi) is 4.70. The molecule has 23 heavy (non-hydrogen) atoms. The van der Waals surface area contributed by atoms with E-state index in [1.807, 2.05) is 21.7 Å². The summed E-state index contributed by atoms with van der Waals surface area (Å²) in [6, 6.07) is 4.82. The zero-order chi connectivity index (χ0) is 16.4. The van der Waals surface area contributed by atoms with Gasteiger partial charge in [-0.2, -0.15) is 24.5 Å². The number of piperazine rings is 1. The van der Waals surface area contributed by atoms with Crippen LogP contribution in [0.1, 0.15) is 22.7 Å². The molecule has 1 saturated heterocycles. The third-order valence-electron chi connectivity index (χ3n) is 4.00. The number of benzene rings is 1. The molecule has 1 aromatic carbocycles. The lowest BCUT2D eigenvalue weighted by molar-refractivity contribution is -0.141. The Hall–Kier alpha value is -1.44. The zero-order valence-corrected chi connectivity index (χ0v) is 13.1. The van der Waals surface area contributed by atoms with Crippen molar-refractivity contribution < 1.29 is 17.6 Å². The quantitative estimate of drug-likeness (QED) is 0.850. The summed E-state index contributed by atoms with van der Waals surface area (Å²) in [6.45, 7) is 2.65. The van der Waals surface area contributed by atoms with Gasteiger partial charge in [-0.25, -0.2) is 4.39 Å². The van der Waals surface area contributed by atoms with Crippen molar-refractivity contribution in [3.05, 3.63) is 57.5 Å². The van der Waals surface area contributed by atoms with Gasteiger partial charge < -0.3 is 5.32 Å². The van der Waals surface area contributed by atoms with Crippen LogP contribution >= 0.6 is 11.3 Å². The molecule has 1 fully saturated rings. The summed E-state index contributed by atoms with van der Waals surface area (Å²) < 4.78 is 54.2. The summed E-state index contributed by atoms with van der Waals surface area (Å²) >= 11 is 1.43. The van der Waals surface area contributed by atoms with Gasteiger partial charge in [-0.05, 0) is 34.0 Å². The van der Waals surface area contributed by atoms with E-state index in [1.54, 1.807) is 0 Å². The molecule has 0 bridgehead atoms. The van der Waals surface area contributed by atoms with Gasteiger partial charge >= 0.3 is 6.18 Å². The predicted octanol–water partition coefficient (Wildman–Crippen LogP) is 3.90. The molecule has 1 N–H and O–H groups in total. The van der Waals surface area contributed by atoms with E-state index in [0.717, 1.165) is 11.6 Å². The van der Waals surface area contributed by atoms with Crippen LogP contribution < -0.4 is 5.32 Å². The molecule has 0 unspecified atom stereocenters. The van der Waals surface area contributed by atoms with Crippen LogP contribution in [0, 0.1) is 5.82 Å². The maximum atomic E-state index is 14.0. The third kappa shape index (κ3) is 3.41. The summed E-state index contributed by atoms with van der Waals surface area (Å²) in [6.07, 6.45) is -4.72. The van der Waals surface area contributed by atoms with E-state index in [-0.39, 0.29) is 5.56 Å². The third-order valence-corrected chi connectivity index (χ3v) is 4.70. The fraction of sp³-hybridized carbons (Fsp3) is 0.375. The molecular weight excluding hydrogens is 328 g/mol. The fourth-order valence-electron chi connectivity index (χ4n) is 3.03. The maximum Gasteiger partial charge on any atom is 0.419 e. The average molecular weight is 344 g/mol. The van der Waals surface area contributed by atoms with Gasteiger partial charge in [0.25, 0.3) is 0 Å². The minimum Gasteiger partial charge on any atom is -0.314 e. The van der Waals surface area contributed by atoms with Crippen molar-refractivity contribution >= 4 is 11.3 Å². The molecule has 124 valence electrons. The first kappa shape index (κ1) is 16.4. The van der Waals surface area contributed by atoms with Crippen molar-refractivity contribution in [3.63, 3.8) is 0 Å². The Labute approximate surface area is 135 Å². The predicted molar refractivity (Wildman–Crippen MR) is 82.0 cm³/mol. The highest BCUT2D eigenvalue weighted by molar-refractivity contribution is 7.08. The van der Waals surface area contributed by atoms with Crippen molar-refractivity contribution in [1.29, 1.82) is 0 Å². The van der Waals surface area contributed by atoms with E-state index in [0.29, 0.717) is 26.2 Å². The van der Waals surface area contributed by atoms with E-state index < -0.39 is 23.6 Å². The molecule has 1 aliphatic heterocycles. The minimum absolute atomic E-state index is 0.0159. The molecule has 7 heteroatoms. The lowest BCUT2D eigenvalue weighted by atomic mass is 9.93. The second kappa shape index (κ2) is 6.59. The topological polar surface area (TPSA) is 15.3 Å². The number of nitrogens with zero attached hydrogens (tertiary/aromatic N) is 1. The summed E-state index contributed by atoms with van der Waals surface area (Å²) in [7, 11) is 0. The zero-order valence-electron chi connectivity index (χ0n) is 12.2. The van der Waals surface area contributed by atoms with Crippen LogP contribution in [0.4, 0.5) is 17.6 Å². The van der Waals surface area contributed by atoms with Crippen molar-refractivity contribution in [2.75, 3.05) is 26.2 Å². The summed E-state index contributed by atoms with van der Waals surface area (Å²) in [5, 5.41) is 6.85. The van der Waals surface area contributed by atoms with Gasteiger partial charge in [0.1, 0.15) is 5.82 Å². The summed E-state index contributed by atoms with van der Waals surface area (Å²) in [5.74, 6) is -1.22. The van der Waals surface area contributed by atoms with Gasteiger partial charge in [-0.15, -0.1) is 0 Å². The number of halogens is 4. The van der Waals surface area contributed by atoms with E-state index in [1.165, 1.54) is 23.5 Å². The average Bonchev–Trinajstić information content (AvgIpc) is 3.01. The summed E-state index contributed by atoms with van der Waals surface area (Å²) in [5.41, 5.74) is -0.402. The SMILES string of the molecule is Fc1cccc([C@H](c2ccsc2)N2CCNCC2)c1C(F)(F)F. The standard InChI is InChI=1S/C16H16F4N2S/c17-13-3-1-2-12(14(13)16(18,19)20)15(11-4-9-23-10-11)22-7-5-21-6-8-22/h1-4,9-10,15,21H,5-8H2/t15-/m0/s1. The molecule has 1 aliphatic rings. The second-order valence-electron chi connectivity index (χ2n) is 5.45. The van der Waals surface area contributed by atoms with E-state index in [4.69, 9.17) is 0 Å². The molecule has 1 atom stereocenters. The Morgan fingerprint density at radius 3 is 2.48 bits per heavy atom.